The summed E-state index contributed by atoms with van der Waals surface area (Å²) in [7, 11) is 0. The second kappa shape index (κ2) is 5.63. The Morgan fingerprint density at radius 2 is 2.32 bits per heavy atom. The lowest BCUT2D eigenvalue weighted by Gasteiger charge is -2.08. The summed E-state index contributed by atoms with van der Waals surface area (Å²) < 4.78 is 15.3. The summed E-state index contributed by atoms with van der Waals surface area (Å²) in [6, 6.07) is 4.19. The van der Waals surface area contributed by atoms with E-state index in [0.29, 0.717) is 15.9 Å². The Balaban J connectivity index is 2.43. The number of imidazole rings is 1. The number of aromatic nitrogens is 2. The number of thioether (sulfide) groups is 1. The van der Waals surface area contributed by atoms with E-state index in [9.17, 15) is 9.18 Å². The second-order valence-electron chi connectivity index (χ2n) is 3.81. The van der Waals surface area contributed by atoms with Gasteiger partial charge in [0.15, 0.2) is 5.16 Å². The van der Waals surface area contributed by atoms with Crippen LogP contribution in [-0.4, -0.2) is 26.4 Å². The van der Waals surface area contributed by atoms with Crippen molar-refractivity contribution in [3.05, 3.63) is 40.9 Å². The lowest BCUT2D eigenvalue weighted by molar-refractivity contribution is -0.133. The molecule has 7 heteroatoms. The molecule has 0 spiro atoms. The highest BCUT2D eigenvalue weighted by atomic mass is 35.5. The topological polar surface area (TPSA) is 55.1 Å². The van der Waals surface area contributed by atoms with E-state index in [1.165, 1.54) is 22.8 Å². The SMILES string of the molecule is Cc1cn(-c2cc(Cl)ccc2F)c(SCC(=O)O)n1. The first kappa shape index (κ1) is 13.9. The van der Waals surface area contributed by atoms with Crippen molar-refractivity contribution in [1.29, 1.82) is 0 Å². The summed E-state index contributed by atoms with van der Waals surface area (Å²) in [4.78, 5) is 14.8. The van der Waals surface area contributed by atoms with Crippen LogP contribution in [0.15, 0.2) is 29.6 Å². The number of benzene rings is 1. The fourth-order valence-corrected chi connectivity index (χ4v) is 2.46. The van der Waals surface area contributed by atoms with Crippen LogP contribution in [0.1, 0.15) is 5.69 Å². The normalized spacial score (nSPS) is 10.7. The fourth-order valence-electron chi connectivity index (χ4n) is 1.55. The van der Waals surface area contributed by atoms with Crippen molar-refractivity contribution in [3.63, 3.8) is 0 Å². The molecule has 0 aliphatic rings. The molecule has 0 atom stereocenters. The van der Waals surface area contributed by atoms with Crippen molar-refractivity contribution in [2.45, 2.75) is 12.1 Å². The maximum absolute atomic E-state index is 13.8. The molecule has 0 unspecified atom stereocenters. The van der Waals surface area contributed by atoms with E-state index in [2.05, 4.69) is 4.98 Å². The Bertz CT molecular complexity index is 630. The van der Waals surface area contributed by atoms with Crippen molar-refractivity contribution in [2.24, 2.45) is 0 Å². The van der Waals surface area contributed by atoms with Crippen LogP contribution < -0.4 is 0 Å². The Hall–Kier alpha value is -1.53. The third kappa shape index (κ3) is 3.27. The number of carboxylic acids is 1. The quantitative estimate of drug-likeness (QED) is 0.881. The minimum absolute atomic E-state index is 0.140. The molecule has 0 aliphatic carbocycles. The van der Waals surface area contributed by atoms with Crippen LogP contribution in [0.5, 0.6) is 0 Å². The Labute approximate surface area is 118 Å². The number of aliphatic carboxylic acids is 1. The summed E-state index contributed by atoms with van der Waals surface area (Å²) in [5, 5.41) is 9.51. The molecule has 2 rings (SSSR count). The minimum Gasteiger partial charge on any atom is -0.481 e. The van der Waals surface area contributed by atoms with Gasteiger partial charge < -0.3 is 5.11 Å². The standard InChI is InChI=1S/C12H10ClFN2O2S/c1-7-5-16(12(15-7)19-6-11(17)18)10-4-8(13)2-3-9(10)14/h2-5H,6H2,1H3,(H,17,18). The molecule has 1 N–H and O–H groups in total. The zero-order chi connectivity index (χ0) is 14.0. The van der Waals surface area contributed by atoms with Crippen LogP contribution in [0.3, 0.4) is 0 Å². The van der Waals surface area contributed by atoms with Gasteiger partial charge in [-0.3, -0.25) is 9.36 Å². The molecule has 4 nitrogen and oxygen atoms in total. The molecule has 0 amide bonds. The number of nitrogens with zero attached hydrogens (tertiary/aromatic N) is 2. The van der Waals surface area contributed by atoms with Crippen molar-refractivity contribution in [3.8, 4) is 5.69 Å². The summed E-state index contributed by atoms with van der Waals surface area (Å²) in [6.07, 6.45) is 1.64. The zero-order valence-electron chi connectivity index (χ0n) is 9.93. The summed E-state index contributed by atoms with van der Waals surface area (Å²) in [6.45, 7) is 1.75. The maximum Gasteiger partial charge on any atom is 0.313 e. The predicted molar refractivity (Wildman–Crippen MR) is 71.6 cm³/mol. The molecule has 0 radical (unpaired) electrons. The van der Waals surface area contributed by atoms with Gasteiger partial charge in [0, 0.05) is 11.2 Å². The fraction of sp³-hybridized carbons (Fsp3) is 0.167. The molecule has 1 heterocycles. The van der Waals surface area contributed by atoms with Gasteiger partial charge in [-0.05, 0) is 25.1 Å². The number of carbonyl (C=O) groups is 1. The first-order valence-corrected chi connectivity index (χ1v) is 6.69. The highest BCUT2D eigenvalue weighted by Crippen LogP contribution is 2.25. The van der Waals surface area contributed by atoms with E-state index in [-0.39, 0.29) is 11.4 Å². The van der Waals surface area contributed by atoms with Gasteiger partial charge in [0.2, 0.25) is 0 Å². The molecule has 0 bridgehead atoms. The number of hydrogen-bond donors (Lipinski definition) is 1. The molecular weight excluding hydrogens is 291 g/mol. The monoisotopic (exact) mass is 300 g/mol. The minimum atomic E-state index is -0.955. The van der Waals surface area contributed by atoms with Crippen LogP contribution >= 0.6 is 23.4 Å². The molecule has 0 saturated carbocycles. The molecule has 2 aromatic rings. The van der Waals surface area contributed by atoms with Gasteiger partial charge in [-0.15, -0.1) is 0 Å². The smallest absolute Gasteiger partial charge is 0.313 e. The van der Waals surface area contributed by atoms with Gasteiger partial charge in [0.25, 0.3) is 0 Å². The third-order valence-electron chi connectivity index (χ3n) is 2.29. The predicted octanol–water partition coefficient (Wildman–Crippen LogP) is 3.15. The van der Waals surface area contributed by atoms with E-state index < -0.39 is 11.8 Å². The molecule has 0 aliphatic heterocycles. The number of carboxylic acid groups (broad SMARTS) is 1. The van der Waals surface area contributed by atoms with E-state index in [4.69, 9.17) is 16.7 Å². The van der Waals surface area contributed by atoms with Crippen molar-refractivity contribution < 1.29 is 14.3 Å². The van der Waals surface area contributed by atoms with Crippen LogP contribution in [0.2, 0.25) is 5.02 Å². The van der Waals surface area contributed by atoms with Crippen LogP contribution in [0, 0.1) is 12.7 Å². The van der Waals surface area contributed by atoms with Gasteiger partial charge >= 0.3 is 5.97 Å². The molecule has 0 fully saturated rings. The summed E-state index contributed by atoms with van der Waals surface area (Å²) in [5.41, 5.74) is 0.924. The second-order valence-corrected chi connectivity index (χ2v) is 5.19. The first-order chi connectivity index (χ1) is 8.97. The summed E-state index contributed by atoms with van der Waals surface area (Å²) in [5.74, 6) is -1.54. The molecule has 0 saturated heterocycles. The first-order valence-electron chi connectivity index (χ1n) is 5.33. The average molecular weight is 301 g/mol. The van der Waals surface area contributed by atoms with Crippen LogP contribution in [0.4, 0.5) is 4.39 Å². The van der Waals surface area contributed by atoms with E-state index in [0.717, 1.165) is 11.8 Å². The van der Waals surface area contributed by atoms with Gasteiger partial charge in [-0.1, -0.05) is 23.4 Å². The maximum atomic E-state index is 13.8. The highest BCUT2D eigenvalue weighted by Gasteiger charge is 2.13. The van der Waals surface area contributed by atoms with Crippen LogP contribution in [0.25, 0.3) is 5.69 Å². The molecule has 1 aromatic heterocycles. The number of halogens is 2. The molecule has 19 heavy (non-hydrogen) atoms. The molecule has 100 valence electrons. The lowest BCUT2D eigenvalue weighted by atomic mass is 10.3. The highest BCUT2D eigenvalue weighted by molar-refractivity contribution is 7.99. The van der Waals surface area contributed by atoms with Gasteiger partial charge in [-0.2, -0.15) is 0 Å². The number of rotatable bonds is 4. The van der Waals surface area contributed by atoms with Crippen molar-refractivity contribution in [2.75, 3.05) is 5.75 Å². The number of hydrogen-bond acceptors (Lipinski definition) is 3. The third-order valence-corrected chi connectivity index (χ3v) is 3.46. The van der Waals surface area contributed by atoms with Crippen molar-refractivity contribution in [1.82, 2.24) is 9.55 Å². The van der Waals surface area contributed by atoms with Gasteiger partial charge in [0.05, 0.1) is 17.1 Å². The average Bonchev–Trinajstić information content (AvgIpc) is 2.71. The Morgan fingerprint density at radius 1 is 1.58 bits per heavy atom. The van der Waals surface area contributed by atoms with Crippen molar-refractivity contribution >= 4 is 29.3 Å². The largest absolute Gasteiger partial charge is 0.481 e. The molecular formula is C12H10ClFN2O2S. The lowest BCUT2D eigenvalue weighted by Crippen LogP contribution is -2.02. The number of aryl methyl sites for hydroxylation is 1. The Morgan fingerprint density at radius 3 is 3.00 bits per heavy atom. The zero-order valence-corrected chi connectivity index (χ0v) is 11.5. The Kier molecular flexibility index (Phi) is 4.11. The van der Waals surface area contributed by atoms with E-state index in [1.54, 1.807) is 13.1 Å². The van der Waals surface area contributed by atoms with Crippen LogP contribution in [-0.2, 0) is 4.79 Å². The van der Waals surface area contributed by atoms with Gasteiger partial charge in [-0.25, -0.2) is 9.37 Å². The van der Waals surface area contributed by atoms with E-state index in [1.807, 2.05) is 0 Å². The molecule has 1 aromatic carbocycles. The van der Waals surface area contributed by atoms with E-state index >= 15 is 0 Å². The van der Waals surface area contributed by atoms with Gasteiger partial charge in [0.1, 0.15) is 5.82 Å². The summed E-state index contributed by atoms with van der Waals surface area (Å²) >= 11 is 6.88.